The van der Waals surface area contributed by atoms with Crippen LogP contribution in [0.5, 0.6) is 5.75 Å². The van der Waals surface area contributed by atoms with Crippen molar-refractivity contribution >= 4 is 5.97 Å². The molecule has 5 nitrogen and oxygen atoms in total. The van der Waals surface area contributed by atoms with Gasteiger partial charge in [-0.2, -0.15) is 0 Å². The lowest BCUT2D eigenvalue weighted by molar-refractivity contribution is 0.0693. The molecule has 0 bridgehead atoms. The molecule has 104 valence electrons. The first-order valence-corrected chi connectivity index (χ1v) is 6.41. The first-order chi connectivity index (χ1) is 9.10. The molecule has 0 saturated carbocycles. The number of carbonyl (C=O) groups is 1. The van der Waals surface area contributed by atoms with Gasteiger partial charge in [0.15, 0.2) is 0 Å². The highest BCUT2D eigenvalue weighted by Crippen LogP contribution is 2.20. The van der Waals surface area contributed by atoms with Crippen molar-refractivity contribution in [3.8, 4) is 5.75 Å². The molecular formula is C14H20N2O3. The van der Waals surface area contributed by atoms with E-state index in [1.165, 1.54) is 0 Å². The second kappa shape index (κ2) is 6.04. The Hall–Kier alpha value is -1.59. The number of ether oxygens (including phenoxy) is 1. The SMILES string of the molecule is COc1ccc(C(=O)O)c(CN2CCN(C)CC2)c1. The van der Waals surface area contributed by atoms with Gasteiger partial charge in [-0.3, -0.25) is 4.90 Å². The smallest absolute Gasteiger partial charge is 0.336 e. The van der Waals surface area contributed by atoms with Gasteiger partial charge in [-0.1, -0.05) is 0 Å². The fourth-order valence-electron chi connectivity index (χ4n) is 2.28. The van der Waals surface area contributed by atoms with Crippen molar-refractivity contribution in [1.82, 2.24) is 9.80 Å². The van der Waals surface area contributed by atoms with Gasteiger partial charge in [-0.05, 0) is 30.8 Å². The molecule has 5 heteroatoms. The highest BCUT2D eigenvalue weighted by molar-refractivity contribution is 5.89. The van der Waals surface area contributed by atoms with E-state index in [1.54, 1.807) is 19.2 Å². The molecule has 0 atom stereocenters. The molecule has 1 fully saturated rings. The Morgan fingerprint density at radius 3 is 2.58 bits per heavy atom. The van der Waals surface area contributed by atoms with Gasteiger partial charge >= 0.3 is 5.97 Å². The van der Waals surface area contributed by atoms with Crippen LogP contribution in [0.25, 0.3) is 0 Å². The number of rotatable bonds is 4. The lowest BCUT2D eigenvalue weighted by Crippen LogP contribution is -2.44. The number of aromatic carboxylic acids is 1. The maximum atomic E-state index is 11.2. The molecule has 0 unspecified atom stereocenters. The minimum Gasteiger partial charge on any atom is -0.497 e. The van der Waals surface area contributed by atoms with Crippen molar-refractivity contribution in [2.75, 3.05) is 40.3 Å². The maximum Gasteiger partial charge on any atom is 0.336 e. The van der Waals surface area contributed by atoms with Crippen LogP contribution in [0.3, 0.4) is 0 Å². The third-order valence-corrected chi connectivity index (χ3v) is 3.53. The highest BCUT2D eigenvalue weighted by atomic mass is 16.5. The van der Waals surface area contributed by atoms with E-state index in [4.69, 9.17) is 4.74 Å². The average Bonchev–Trinajstić information content (AvgIpc) is 2.41. The fourth-order valence-corrected chi connectivity index (χ4v) is 2.28. The van der Waals surface area contributed by atoms with Crippen LogP contribution in [0, 0.1) is 0 Å². The predicted octanol–water partition coefficient (Wildman–Crippen LogP) is 1.14. The lowest BCUT2D eigenvalue weighted by Gasteiger charge is -2.32. The van der Waals surface area contributed by atoms with Crippen molar-refractivity contribution < 1.29 is 14.6 Å². The summed E-state index contributed by atoms with van der Waals surface area (Å²) in [7, 11) is 3.70. The molecule has 1 aliphatic heterocycles. The number of piperazine rings is 1. The van der Waals surface area contributed by atoms with E-state index in [0.717, 1.165) is 31.7 Å². The third-order valence-electron chi connectivity index (χ3n) is 3.53. The number of carboxylic acid groups (broad SMARTS) is 1. The van der Waals surface area contributed by atoms with Crippen LogP contribution < -0.4 is 4.74 Å². The van der Waals surface area contributed by atoms with Gasteiger partial charge in [0.25, 0.3) is 0 Å². The molecule has 1 N–H and O–H groups in total. The standard InChI is InChI=1S/C14H20N2O3/c1-15-5-7-16(8-6-15)10-11-9-12(19-2)3-4-13(11)14(17)18/h3-4,9H,5-8,10H2,1-2H3,(H,17,18). The van der Waals surface area contributed by atoms with Crippen LogP contribution in [0.1, 0.15) is 15.9 Å². The Bertz CT molecular complexity index is 454. The number of carboxylic acids is 1. The fraction of sp³-hybridized carbons (Fsp3) is 0.500. The van der Waals surface area contributed by atoms with Crippen molar-refractivity contribution in [2.24, 2.45) is 0 Å². The average molecular weight is 264 g/mol. The Morgan fingerprint density at radius 2 is 2.00 bits per heavy atom. The minimum atomic E-state index is -0.883. The molecule has 2 rings (SSSR count). The maximum absolute atomic E-state index is 11.2. The number of likely N-dealkylation sites (N-methyl/N-ethyl adjacent to an activating group) is 1. The number of methoxy groups -OCH3 is 1. The molecule has 0 amide bonds. The number of hydrogen-bond donors (Lipinski definition) is 1. The molecule has 1 saturated heterocycles. The summed E-state index contributed by atoms with van der Waals surface area (Å²) in [5.41, 5.74) is 1.18. The van der Waals surface area contributed by atoms with Crippen molar-refractivity contribution in [1.29, 1.82) is 0 Å². The highest BCUT2D eigenvalue weighted by Gasteiger charge is 2.17. The molecule has 0 radical (unpaired) electrons. The van der Waals surface area contributed by atoms with E-state index in [9.17, 15) is 9.90 Å². The zero-order valence-corrected chi connectivity index (χ0v) is 11.4. The summed E-state index contributed by atoms with van der Waals surface area (Å²) in [6, 6.07) is 5.13. The molecule has 1 aromatic rings. The quantitative estimate of drug-likeness (QED) is 0.884. The molecule has 0 aliphatic carbocycles. The van der Waals surface area contributed by atoms with Crippen LogP contribution in [0.2, 0.25) is 0 Å². The molecule has 1 aromatic carbocycles. The Morgan fingerprint density at radius 1 is 1.32 bits per heavy atom. The Labute approximate surface area is 113 Å². The Kier molecular flexibility index (Phi) is 4.39. The van der Waals surface area contributed by atoms with Gasteiger partial charge in [0.05, 0.1) is 12.7 Å². The Balaban J connectivity index is 2.15. The van der Waals surface area contributed by atoms with E-state index in [2.05, 4.69) is 16.8 Å². The van der Waals surface area contributed by atoms with Crippen LogP contribution in [0.15, 0.2) is 18.2 Å². The van der Waals surface area contributed by atoms with Gasteiger partial charge < -0.3 is 14.7 Å². The second-order valence-electron chi connectivity index (χ2n) is 4.91. The van der Waals surface area contributed by atoms with Crippen molar-refractivity contribution in [3.63, 3.8) is 0 Å². The van der Waals surface area contributed by atoms with Crippen LogP contribution in [-0.2, 0) is 6.54 Å². The minimum absolute atomic E-state index is 0.361. The third kappa shape index (κ3) is 3.45. The van der Waals surface area contributed by atoms with E-state index in [-0.39, 0.29) is 0 Å². The van der Waals surface area contributed by atoms with Gasteiger partial charge in [0.2, 0.25) is 0 Å². The number of benzene rings is 1. The first-order valence-electron chi connectivity index (χ1n) is 6.41. The monoisotopic (exact) mass is 264 g/mol. The van der Waals surface area contributed by atoms with E-state index in [0.29, 0.717) is 17.9 Å². The zero-order valence-electron chi connectivity index (χ0n) is 11.4. The van der Waals surface area contributed by atoms with Crippen molar-refractivity contribution in [3.05, 3.63) is 29.3 Å². The summed E-state index contributed by atoms with van der Waals surface area (Å²) in [6.45, 7) is 4.63. The summed E-state index contributed by atoms with van der Waals surface area (Å²) < 4.78 is 5.18. The van der Waals surface area contributed by atoms with E-state index < -0.39 is 5.97 Å². The molecule has 1 aliphatic rings. The van der Waals surface area contributed by atoms with Gasteiger partial charge in [0.1, 0.15) is 5.75 Å². The van der Waals surface area contributed by atoms with E-state index >= 15 is 0 Å². The van der Waals surface area contributed by atoms with Crippen LogP contribution in [-0.4, -0.2) is 61.2 Å². The summed E-state index contributed by atoms with van der Waals surface area (Å²) in [5.74, 6) is -0.180. The molecule has 19 heavy (non-hydrogen) atoms. The second-order valence-corrected chi connectivity index (χ2v) is 4.91. The molecule has 0 aromatic heterocycles. The largest absolute Gasteiger partial charge is 0.497 e. The number of hydrogen-bond acceptors (Lipinski definition) is 4. The summed E-state index contributed by atoms with van der Waals surface area (Å²) in [4.78, 5) is 15.8. The molecular weight excluding hydrogens is 244 g/mol. The van der Waals surface area contributed by atoms with Crippen LogP contribution in [0.4, 0.5) is 0 Å². The predicted molar refractivity (Wildman–Crippen MR) is 72.7 cm³/mol. The molecule has 0 spiro atoms. The van der Waals surface area contributed by atoms with Gasteiger partial charge in [0, 0.05) is 32.7 Å². The van der Waals surface area contributed by atoms with Gasteiger partial charge in [-0.25, -0.2) is 4.79 Å². The van der Waals surface area contributed by atoms with E-state index in [1.807, 2.05) is 6.07 Å². The van der Waals surface area contributed by atoms with Crippen LogP contribution >= 0.6 is 0 Å². The normalized spacial score (nSPS) is 17.4. The zero-order chi connectivity index (χ0) is 13.8. The number of nitrogens with zero attached hydrogens (tertiary/aromatic N) is 2. The summed E-state index contributed by atoms with van der Waals surface area (Å²) in [5, 5.41) is 9.23. The first kappa shape index (κ1) is 13.8. The lowest BCUT2D eigenvalue weighted by atomic mass is 10.1. The van der Waals surface area contributed by atoms with Gasteiger partial charge in [-0.15, -0.1) is 0 Å². The van der Waals surface area contributed by atoms with Crippen molar-refractivity contribution in [2.45, 2.75) is 6.54 Å². The summed E-state index contributed by atoms with van der Waals surface area (Å²) >= 11 is 0. The molecule has 1 heterocycles. The topological polar surface area (TPSA) is 53.0 Å². The summed E-state index contributed by atoms with van der Waals surface area (Å²) in [6.07, 6.45) is 0.